The number of nitrogens with zero attached hydrogens (tertiary/aromatic N) is 3. The highest BCUT2D eigenvalue weighted by Crippen LogP contribution is 2.39. The van der Waals surface area contributed by atoms with E-state index in [1.807, 2.05) is 29.5 Å². The number of allylic oxidation sites excluding steroid dienone is 1. The Kier molecular flexibility index (Phi) is 6.51. The molecule has 52 heavy (non-hydrogen) atoms. The lowest BCUT2D eigenvalue weighted by molar-refractivity contribution is 0.669. The van der Waals surface area contributed by atoms with Crippen LogP contribution in [0.15, 0.2) is 156 Å². The van der Waals surface area contributed by atoms with Crippen molar-refractivity contribution >= 4 is 70.3 Å². The summed E-state index contributed by atoms with van der Waals surface area (Å²) in [5.74, 6) is 2.20. The highest BCUT2D eigenvalue weighted by molar-refractivity contribution is 7.25. The van der Waals surface area contributed by atoms with E-state index in [-0.39, 0.29) is 5.92 Å². The van der Waals surface area contributed by atoms with Crippen molar-refractivity contribution < 1.29 is 4.42 Å². The van der Waals surface area contributed by atoms with E-state index in [1.165, 1.54) is 31.3 Å². The minimum Gasteiger partial charge on any atom is -0.456 e. The number of para-hydroxylation sites is 1. The number of hydrogen-bond acceptors (Lipinski definition) is 5. The maximum atomic E-state index is 6.22. The Bertz CT molecular complexity index is 3080. The lowest BCUT2D eigenvalue weighted by Crippen LogP contribution is -2.12. The molecule has 5 heteroatoms. The van der Waals surface area contributed by atoms with Gasteiger partial charge in [0.2, 0.25) is 0 Å². The van der Waals surface area contributed by atoms with Crippen LogP contribution in [0, 0.1) is 0 Å². The third-order valence-electron chi connectivity index (χ3n) is 10.4. The van der Waals surface area contributed by atoms with Crippen LogP contribution in [0.4, 0.5) is 0 Å². The Morgan fingerprint density at radius 2 is 1.25 bits per heavy atom. The molecule has 0 saturated carbocycles. The Morgan fingerprint density at radius 3 is 2.17 bits per heavy atom. The second kappa shape index (κ2) is 11.6. The fourth-order valence-electron chi connectivity index (χ4n) is 7.83. The van der Waals surface area contributed by atoms with Gasteiger partial charge in [-0.3, -0.25) is 0 Å². The molecule has 11 rings (SSSR count). The van der Waals surface area contributed by atoms with E-state index < -0.39 is 0 Å². The molecule has 1 unspecified atom stereocenters. The van der Waals surface area contributed by atoms with Crippen molar-refractivity contribution in [2.24, 2.45) is 0 Å². The van der Waals surface area contributed by atoms with Gasteiger partial charge < -0.3 is 4.42 Å². The molecule has 0 amide bonds. The molecule has 0 aliphatic heterocycles. The first-order valence-electron chi connectivity index (χ1n) is 17.6. The second-order valence-electron chi connectivity index (χ2n) is 13.6. The SMILES string of the molecule is C1=CC(c2nc(-c3ccc4ccc(-c5cccc6oc7ccccc7c56)cc4c3)nc(-c3ccc4sc5ccccc5c4c3)n2)Cc2ccccc21. The molecule has 0 saturated heterocycles. The van der Waals surface area contributed by atoms with Crippen LogP contribution in [0.5, 0.6) is 0 Å². The van der Waals surface area contributed by atoms with Gasteiger partial charge in [-0.05, 0) is 88.0 Å². The minimum absolute atomic E-state index is 0.0402. The maximum absolute atomic E-state index is 6.22. The van der Waals surface area contributed by atoms with Crippen LogP contribution in [-0.4, -0.2) is 15.0 Å². The van der Waals surface area contributed by atoms with Gasteiger partial charge in [0.15, 0.2) is 11.6 Å². The van der Waals surface area contributed by atoms with Gasteiger partial charge in [0, 0.05) is 48.0 Å². The molecule has 1 aliphatic rings. The quantitative estimate of drug-likeness (QED) is 0.185. The second-order valence-corrected chi connectivity index (χ2v) is 14.7. The predicted octanol–water partition coefficient (Wildman–Crippen LogP) is 12.6. The molecule has 3 aromatic heterocycles. The van der Waals surface area contributed by atoms with Gasteiger partial charge in [0.25, 0.3) is 0 Å². The van der Waals surface area contributed by atoms with Crippen LogP contribution in [0.2, 0.25) is 0 Å². The average molecular weight is 684 g/mol. The van der Waals surface area contributed by atoms with E-state index in [9.17, 15) is 0 Å². The molecule has 0 fully saturated rings. The summed E-state index contributed by atoms with van der Waals surface area (Å²) in [5.41, 5.74) is 8.61. The third-order valence-corrected chi connectivity index (χ3v) is 11.6. The Morgan fingerprint density at radius 1 is 0.538 bits per heavy atom. The molecule has 7 aromatic carbocycles. The summed E-state index contributed by atoms with van der Waals surface area (Å²) in [5, 5.41) is 7.04. The molecule has 0 N–H and O–H groups in total. The van der Waals surface area contributed by atoms with E-state index in [0.717, 1.165) is 67.2 Å². The van der Waals surface area contributed by atoms with Gasteiger partial charge >= 0.3 is 0 Å². The molecule has 0 spiro atoms. The smallest absolute Gasteiger partial charge is 0.163 e. The molecule has 0 bridgehead atoms. The van der Waals surface area contributed by atoms with Crippen LogP contribution >= 0.6 is 11.3 Å². The highest BCUT2D eigenvalue weighted by atomic mass is 32.1. The Labute approximate surface area is 303 Å². The number of rotatable bonds is 4. The number of aromatic nitrogens is 3. The van der Waals surface area contributed by atoms with Crippen LogP contribution in [-0.2, 0) is 6.42 Å². The van der Waals surface area contributed by atoms with Crippen LogP contribution < -0.4 is 0 Å². The number of thiophene rings is 1. The summed E-state index contributed by atoms with van der Waals surface area (Å²) in [6.07, 6.45) is 5.30. The van der Waals surface area contributed by atoms with Gasteiger partial charge in [-0.1, -0.05) is 109 Å². The van der Waals surface area contributed by atoms with Crippen molar-refractivity contribution in [3.8, 4) is 33.9 Å². The lowest BCUT2D eigenvalue weighted by Gasteiger charge is -2.19. The summed E-state index contributed by atoms with van der Waals surface area (Å²) in [7, 11) is 0. The predicted molar refractivity (Wildman–Crippen MR) is 216 cm³/mol. The van der Waals surface area contributed by atoms with Crippen molar-refractivity contribution in [1.82, 2.24) is 15.0 Å². The average Bonchev–Trinajstić information content (AvgIpc) is 3.78. The molecule has 3 heterocycles. The lowest BCUT2D eigenvalue weighted by atomic mass is 9.89. The van der Waals surface area contributed by atoms with Gasteiger partial charge in [-0.2, -0.15) is 0 Å². The summed E-state index contributed by atoms with van der Waals surface area (Å²) >= 11 is 1.82. The van der Waals surface area contributed by atoms with Crippen LogP contribution in [0.1, 0.15) is 22.9 Å². The van der Waals surface area contributed by atoms with Gasteiger partial charge in [0.05, 0.1) is 0 Å². The number of furan rings is 1. The Balaban J connectivity index is 1.06. The fourth-order valence-corrected chi connectivity index (χ4v) is 8.92. The zero-order valence-electron chi connectivity index (χ0n) is 28.0. The van der Waals surface area contributed by atoms with Gasteiger partial charge in [-0.15, -0.1) is 11.3 Å². The zero-order valence-corrected chi connectivity index (χ0v) is 28.8. The standard InChI is InChI=1S/C47H29N3OS/c1-2-9-30-24-32(20-17-28(30)8-1)45-48-46(50-47(49-45)34-22-23-43-39(27-34)37-10-4-6-15-42(37)52-43)33-21-18-29-16-19-31(25-35(29)26-33)36-12-7-14-41-44(36)38-11-3-5-13-40(38)51-41/h1-23,25-27,32H,24H2. The number of hydrogen-bond donors (Lipinski definition) is 0. The van der Waals surface area contributed by atoms with Crippen molar-refractivity contribution in [2.45, 2.75) is 12.3 Å². The van der Waals surface area contributed by atoms with E-state index in [2.05, 4.69) is 140 Å². The van der Waals surface area contributed by atoms with Crippen molar-refractivity contribution in [3.63, 3.8) is 0 Å². The Hall–Kier alpha value is -6.43. The molecule has 4 nitrogen and oxygen atoms in total. The largest absolute Gasteiger partial charge is 0.456 e. The van der Waals surface area contributed by atoms with E-state index in [1.54, 1.807) is 0 Å². The summed E-state index contributed by atoms with van der Waals surface area (Å²) in [6, 6.07) is 51.6. The van der Waals surface area contributed by atoms with Crippen molar-refractivity contribution in [3.05, 3.63) is 169 Å². The summed E-state index contributed by atoms with van der Waals surface area (Å²) in [4.78, 5) is 15.6. The minimum atomic E-state index is 0.0402. The fraction of sp³-hybridized carbons (Fsp3) is 0.0426. The normalized spacial score (nSPS) is 14.2. The van der Waals surface area contributed by atoms with Crippen molar-refractivity contribution in [2.75, 3.05) is 0 Å². The zero-order chi connectivity index (χ0) is 34.2. The summed E-state index contributed by atoms with van der Waals surface area (Å²) in [6.45, 7) is 0. The maximum Gasteiger partial charge on any atom is 0.163 e. The molecule has 1 atom stereocenters. The highest BCUT2D eigenvalue weighted by Gasteiger charge is 2.22. The third kappa shape index (κ3) is 4.78. The first-order valence-corrected chi connectivity index (χ1v) is 18.4. The van der Waals surface area contributed by atoms with Gasteiger partial charge in [-0.25, -0.2) is 15.0 Å². The van der Waals surface area contributed by atoms with Crippen LogP contribution in [0.25, 0.3) is 92.9 Å². The monoisotopic (exact) mass is 683 g/mol. The summed E-state index contributed by atoms with van der Waals surface area (Å²) < 4.78 is 8.76. The first-order chi connectivity index (χ1) is 25.7. The molecule has 1 aliphatic carbocycles. The number of fused-ring (bicyclic) bond motifs is 8. The topological polar surface area (TPSA) is 51.8 Å². The van der Waals surface area contributed by atoms with Crippen LogP contribution in [0.3, 0.4) is 0 Å². The van der Waals surface area contributed by atoms with Crippen molar-refractivity contribution in [1.29, 1.82) is 0 Å². The number of benzene rings is 7. The van der Waals surface area contributed by atoms with Gasteiger partial charge in [0.1, 0.15) is 17.0 Å². The molecule has 10 aromatic rings. The first kappa shape index (κ1) is 29.3. The molecular formula is C47H29N3OS. The molecular weight excluding hydrogens is 655 g/mol. The molecule has 244 valence electrons. The van der Waals surface area contributed by atoms with E-state index >= 15 is 0 Å². The van der Waals surface area contributed by atoms with E-state index in [0.29, 0.717) is 11.6 Å². The molecule has 0 radical (unpaired) electrons. The van der Waals surface area contributed by atoms with E-state index in [4.69, 9.17) is 19.4 Å².